The smallest absolute Gasteiger partial charge is 0.164 e. The summed E-state index contributed by atoms with van der Waals surface area (Å²) >= 11 is 5.57. The van der Waals surface area contributed by atoms with Gasteiger partial charge in [0.1, 0.15) is 6.23 Å². The van der Waals surface area contributed by atoms with Gasteiger partial charge >= 0.3 is 0 Å². The number of pyridine rings is 1. The van der Waals surface area contributed by atoms with E-state index in [-0.39, 0.29) is 11.4 Å². The minimum absolute atomic E-state index is 0.0207. The van der Waals surface area contributed by atoms with Crippen molar-refractivity contribution in [1.29, 1.82) is 0 Å². The van der Waals surface area contributed by atoms with Gasteiger partial charge in [-0.1, -0.05) is 11.6 Å². The van der Waals surface area contributed by atoms with Crippen LogP contribution in [-0.4, -0.2) is 21.4 Å². The Bertz CT molecular complexity index is 581. The molecule has 0 N–H and O–H groups in total. The Kier molecular flexibility index (Phi) is 3.48. The Morgan fingerprint density at radius 2 is 2.21 bits per heavy atom. The maximum absolute atomic E-state index is 13.4. The lowest BCUT2D eigenvalue weighted by molar-refractivity contribution is -0.0394. The van der Waals surface area contributed by atoms with Crippen molar-refractivity contribution in [3.05, 3.63) is 35.6 Å². The summed E-state index contributed by atoms with van der Waals surface area (Å²) in [5.74, 6) is -0.527. The predicted molar refractivity (Wildman–Crippen MR) is 69.3 cm³/mol. The molecule has 3 rings (SSSR count). The van der Waals surface area contributed by atoms with Crippen LogP contribution in [0.5, 0.6) is 0 Å². The number of hydrogen-bond acceptors (Lipinski definition) is 3. The zero-order valence-electron chi connectivity index (χ0n) is 10.2. The van der Waals surface area contributed by atoms with Gasteiger partial charge in [-0.15, -0.1) is 0 Å². The number of halogens is 2. The maximum atomic E-state index is 13.4. The van der Waals surface area contributed by atoms with Crippen LogP contribution in [0.3, 0.4) is 0 Å². The second-order valence-corrected chi connectivity index (χ2v) is 4.88. The van der Waals surface area contributed by atoms with E-state index in [1.54, 1.807) is 10.9 Å². The molecule has 3 heterocycles. The van der Waals surface area contributed by atoms with Gasteiger partial charge < -0.3 is 4.74 Å². The molecule has 1 aliphatic rings. The minimum atomic E-state index is -0.527. The Balaban J connectivity index is 1.85. The lowest BCUT2D eigenvalue weighted by atomic mass is 10.1. The largest absolute Gasteiger partial charge is 0.357 e. The molecule has 100 valence electrons. The van der Waals surface area contributed by atoms with Gasteiger partial charge in [-0.3, -0.25) is 0 Å². The fraction of sp³-hybridized carbons (Fsp3) is 0.385. The number of hydrogen-bond donors (Lipinski definition) is 0. The molecule has 0 bridgehead atoms. The quantitative estimate of drug-likeness (QED) is 0.792. The Morgan fingerprint density at radius 3 is 2.95 bits per heavy atom. The summed E-state index contributed by atoms with van der Waals surface area (Å²) in [5, 5.41) is 4.16. The van der Waals surface area contributed by atoms with Gasteiger partial charge in [-0.05, 0) is 25.3 Å². The zero-order chi connectivity index (χ0) is 13.2. The highest BCUT2D eigenvalue weighted by atomic mass is 35.5. The second kappa shape index (κ2) is 5.27. The maximum Gasteiger partial charge on any atom is 0.164 e. The SMILES string of the molecule is Fc1cc(-c2cnn(C3CCCCO3)c2)cnc1Cl. The first-order chi connectivity index (χ1) is 9.24. The van der Waals surface area contributed by atoms with Gasteiger partial charge in [-0.2, -0.15) is 5.10 Å². The second-order valence-electron chi connectivity index (χ2n) is 4.53. The lowest BCUT2D eigenvalue weighted by Crippen LogP contribution is -2.18. The molecule has 2 aromatic heterocycles. The summed E-state index contributed by atoms with van der Waals surface area (Å²) in [6.45, 7) is 0.761. The summed E-state index contributed by atoms with van der Waals surface area (Å²) in [6.07, 6.45) is 8.23. The average Bonchev–Trinajstić information content (AvgIpc) is 2.93. The standard InChI is InChI=1S/C13H13ClFN3O/c14-13-11(15)5-9(6-16-13)10-7-17-18(8-10)12-3-1-2-4-19-12/h5-8,12H,1-4H2. The van der Waals surface area contributed by atoms with E-state index in [0.717, 1.165) is 31.4 Å². The van der Waals surface area contributed by atoms with Crippen LogP contribution in [0.25, 0.3) is 11.1 Å². The van der Waals surface area contributed by atoms with Crippen LogP contribution in [0.4, 0.5) is 4.39 Å². The molecule has 0 aromatic carbocycles. The van der Waals surface area contributed by atoms with Crippen LogP contribution >= 0.6 is 11.6 Å². The van der Waals surface area contributed by atoms with E-state index in [2.05, 4.69) is 10.1 Å². The summed E-state index contributed by atoms with van der Waals surface area (Å²) in [7, 11) is 0. The highest BCUT2D eigenvalue weighted by Gasteiger charge is 2.17. The third-order valence-corrected chi connectivity index (χ3v) is 3.46. The van der Waals surface area contributed by atoms with E-state index in [1.165, 1.54) is 12.3 Å². The van der Waals surface area contributed by atoms with Gasteiger partial charge in [0.15, 0.2) is 11.0 Å². The molecule has 19 heavy (non-hydrogen) atoms. The number of ether oxygens (including phenoxy) is 1. The van der Waals surface area contributed by atoms with E-state index in [4.69, 9.17) is 16.3 Å². The van der Waals surface area contributed by atoms with Crippen molar-refractivity contribution >= 4 is 11.6 Å². The van der Waals surface area contributed by atoms with Crippen molar-refractivity contribution in [3.63, 3.8) is 0 Å². The zero-order valence-corrected chi connectivity index (χ0v) is 11.0. The Hall–Kier alpha value is -1.46. The molecule has 1 aliphatic heterocycles. The lowest BCUT2D eigenvalue weighted by Gasteiger charge is -2.22. The van der Waals surface area contributed by atoms with E-state index in [0.29, 0.717) is 5.56 Å². The van der Waals surface area contributed by atoms with Crippen LogP contribution in [0, 0.1) is 5.82 Å². The fourth-order valence-electron chi connectivity index (χ4n) is 2.16. The molecule has 1 fully saturated rings. The molecule has 1 unspecified atom stereocenters. The molecular formula is C13H13ClFN3O. The molecule has 2 aromatic rings. The Labute approximate surface area is 115 Å². The molecule has 0 saturated carbocycles. The highest BCUT2D eigenvalue weighted by Crippen LogP contribution is 2.26. The molecule has 1 atom stereocenters. The van der Waals surface area contributed by atoms with Gasteiger partial charge in [0.25, 0.3) is 0 Å². The predicted octanol–water partition coefficient (Wildman–Crippen LogP) is 3.44. The van der Waals surface area contributed by atoms with Gasteiger partial charge in [0.2, 0.25) is 0 Å². The van der Waals surface area contributed by atoms with Crippen molar-refractivity contribution in [2.24, 2.45) is 0 Å². The van der Waals surface area contributed by atoms with E-state index in [1.807, 2.05) is 6.20 Å². The molecule has 0 aliphatic carbocycles. The molecule has 0 spiro atoms. The van der Waals surface area contributed by atoms with Crippen LogP contribution in [0.1, 0.15) is 25.5 Å². The fourth-order valence-corrected chi connectivity index (χ4v) is 2.26. The number of aromatic nitrogens is 3. The van der Waals surface area contributed by atoms with Crippen molar-refractivity contribution in [2.75, 3.05) is 6.61 Å². The molecule has 4 nitrogen and oxygen atoms in total. The van der Waals surface area contributed by atoms with Crippen molar-refractivity contribution < 1.29 is 9.13 Å². The van der Waals surface area contributed by atoms with Crippen molar-refractivity contribution in [2.45, 2.75) is 25.5 Å². The van der Waals surface area contributed by atoms with Crippen LogP contribution < -0.4 is 0 Å². The first kappa shape index (κ1) is 12.6. The third-order valence-electron chi connectivity index (χ3n) is 3.18. The van der Waals surface area contributed by atoms with Crippen molar-refractivity contribution in [1.82, 2.24) is 14.8 Å². The Morgan fingerprint density at radius 1 is 1.32 bits per heavy atom. The van der Waals surface area contributed by atoms with Crippen LogP contribution in [-0.2, 0) is 4.74 Å². The van der Waals surface area contributed by atoms with Crippen LogP contribution in [0.15, 0.2) is 24.7 Å². The normalized spacial score (nSPS) is 19.6. The molecule has 0 amide bonds. The molecule has 6 heteroatoms. The number of rotatable bonds is 2. The number of nitrogens with zero attached hydrogens (tertiary/aromatic N) is 3. The van der Waals surface area contributed by atoms with E-state index < -0.39 is 5.82 Å². The topological polar surface area (TPSA) is 39.9 Å². The first-order valence-electron chi connectivity index (χ1n) is 6.21. The molecular weight excluding hydrogens is 269 g/mol. The summed E-state index contributed by atoms with van der Waals surface area (Å²) < 4.78 is 20.8. The van der Waals surface area contributed by atoms with Gasteiger partial charge in [0, 0.05) is 30.1 Å². The van der Waals surface area contributed by atoms with Gasteiger partial charge in [0.05, 0.1) is 6.20 Å². The summed E-state index contributed by atoms with van der Waals surface area (Å²) in [6, 6.07) is 1.36. The van der Waals surface area contributed by atoms with E-state index in [9.17, 15) is 4.39 Å². The van der Waals surface area contributed by atoms with Crippen molar-refractivity contribution in [3.8, 4) is 11.1 Å². The average molecular weight is 282 g/mol. The minimum Gasteiger partial charge on any atom is -0.357 e. The van der Waals surface area contributed by atoms with Crippen LogP contribution in [0.2, 0.25) is 5.15 Å². The highest BCUT2D eigenvalue weighted by molar-refractivity contribution is 6.29. The summed E-state index contributed by atoms with van der Waals surface area (Å²) in [5.41, 5.74) is 1.46. The molecule has 1 saturated heterocycles. The molecule has 0 radical (unpaired) electrons. The summed E-state index contributed by atoms with van der Waals surface area (Å²) in [4.78, 5) is 3.80. The van der Waals surface area contributed by atoms with E-state index >= 15 is 0 Å². The first-order valence-corrected chi connectivity index (χ1v) is 6.59. The van der Waals surface area contributed by atoms with Gasteiger partial charge in [-0.25, -0.2) is 14.1 Å². The third kappa shape index (κ3) is 2.62. The monoisotopic (exact) mass is 281 g/mol.